The SMILES string of the molecule is COc1cc(OCc2ccc(C)[n+](O)c2)ccc1-c1nc(-c2ccc(F)nc2)[nH]c1Cl. The maximum atomic E-state index is 13.1. The van der Waals surface area contributed by atoms with Gasteiger partial charge in [-0.3, -0.25) is 5.21 Å². The predicted molar refractivity (Wildman–Crippen MR) is 112 cm³/mol. The number of rotatable bonds is 6. The number of halogens is 2. The summed E-state index contributed by atoms with van der Waals surface area (Å²) in [7, 11) is 1.54. The number of nitrogens with one attached hydrogen (secondary N) is 1. The molecule has 2 N–H and O–H groups in total. The van der Waals surface area contributed by atoms with Gasteiger partial charge in [0.1, 0.15) is 34.8 Å². The summed E-state index contributed by atoms with van der Waals surface area (Å²) < 4.78 is 25.5. The average molecular weight is 442 g/mol. The minimum Gasteiger partial charge on any atom is -0.496 e. The number of hydrogen-bond acceptors (Lipinski definition) is 5. The van der Waals surface area contributed by atoms with Gasteiger partial charge in [0, 0.05) is 41.1 Å². The van der Waals surface area contributed by atoms with Crippen LogP contribution in [0.5, 0.6) is 11.5 Å². The highest BCUT2D eigenvalue weighted by molar-refractivity contribution is 6.32. The molecule has 4 aromatic rings. The van der Waals surface area contributed by atoms with E-state index in [1.807, 2.05) is 6.07 Å². The van der Waals surface area contributed by atoms with Gasteiger partial charge in [-0.15, -0.1) is 0 Å². The van der Waals surface area contributed by atoms with Gasteiger partial charge < -0.3 is 14.5 Å². The number of imidazole rings is 1. The summed E-state index contributed by atoms with van der Waals surface area (Å²) in [5, 5.41) is 10.1. The molecule has 158 valence electrons. The van der Waals surface area contributed by atoms with Crippen LogP contribution in [0.2, 0.25) is 5.15 Å². The first-order valence-electron chi connectivity index (χ1n) is 9.33. The summed E-state index contributed by atoms with van der Waals surface area (Å²) in [4.78, 5) is 11.1. The topological polar surface area (TPSA) is 84.1 Å². The summed E-state index contributed by atoms with van der Waals surface area (Å²) in [6.07, 6.45) is 2.97. The van der Waals surface area contributed by atoms with Crippen LogP contribution in [0.3, 0.4) is 0 Å². The molecule has 0 spiro atoms. The van der Waals surface area contributed by atoms with E-state index in [4.69, 9.17) is 21.1 Å². The summed E-state index contributed by atoms with van der Waals surface area (Å²) in [6, 6.07) is 11.8. The van der Waals surface area contributed by atoms with E-state index in [9.17, 15) is 9.60 Å². The molecule has 7 nitrogen and oxygen atoms in total. The van der Waals surface area contributed by atoms with E-state index in [0.717, 1.165) is 16.0 Å². The molecule has 0 amide bonds. The standard InChI is InChI=1S/C22H19ClFN4O3/c1-13-3-4-14(11-28(13)29)12-31-16-6-7-17(18(9-16)30-2)20-21(23)27-22(26-20)15-5-8-19(24)25-10-15/h3-11,29H,12H2,1-2H3,(H,26,27)/q+1. The maximum Gasteiger partial charge on any atom is 0.231 e. The minimum atomic E-state index is -0.571. The zero-order chi connectivity index (χ0) is 22.0. The fourth-order valence-corrected chi connectivity index (χ4v) is 3.23. The second kappa shape index (κ2) is 8.61. The number of ether oxygens (including phenoxy) is 2. The van der Waals surface area contributed by atoms with Gasteiger partial charge in [-0.05, 0) is 30.3 Å². The van der Waals surface area contributed by atoms with Crippen LogP contribution in [0, 0.1) is 12.9 Å². The Bertz CT molecular complexity index is 1230. The van der Waals surface area contributed by atoms with Crippen molar-refractivity contribution in [2.45, 2.75) is 13.5 Å². The molecule has 0 aliphatic heterocycles. The van der Waals surface area contributed by atoms with E-state index in [1.54, 1.807) is 50.6 Å². The molecule has 0 saturated heterocycles. The van der Waals surface area contributed by atoms with Crippen molar-refractivity contribution < 1.29 is 23.8 Å². The smallest absolute Gasteiger partial charge is 0.231 e. The molecule has 3 aromatic heterocycles. The molecule has 9 heteroatoms. The average Bonchev–Trinajstić information content (AvgIpc) is 3.16. The van der Waals surface area contributed by atoms with E-state index >= 15 is 0 Å². The first-order valence-corrected chi connectivity index (χ1v) is 9.71. The number of aryl methyl sites for hydroxylation is 1. The number of hydrogen-bond donors (Lipinski definition) is 2. The number of pyridine rings is 2. The van der Waals surface area contributed by atoms with Gasteiger partial charge >= 0.3 is 0 Å². The molecular formula is C22H19ClFN4O3+. The van der Waals surface area contributed by atoms with E-state index in [2.05, 4.69) is 15.0 Å². The lowest BCUT2D eigenvalue weighted by molar-refractivity contribution is -0.909. The van der Waals surface area contributed by atoms with Crippen LogP contribution in [-0.2, 0) is 6.61 Å². The van der Waals surface area contributed by atoms with Crippen molar-refractivity contribution in [1.29, 1.82) is 0 Å². The highest BCUT2D eigenvalue weighted by Crippen LogP contribution is 2.37. The molecule has 3 heterocycles. The number of nitrogens with zero attached hydrogens (tertiary/aromatic N) is 3. The molecule has 4 rings (SSSR count). The highest BCUT2D eigenvalue weighted by atomic mass is 35.5. The first kappa shape index (κ1) is 20.6. The van der Waals surface area contributed by atoms with E-state index in [-0.39, 0.29) is 6.61 Å². The Balaban J connectivity index is 1.58. The minimum absolute atomic E-state index is 0.272. The Kier molecular flexibility index (Phi) is 5.73. The van der Waals surface area contributed by atoms with Crippen molar-refractivity contribution in [3.05, 3.63) is 77.2 Å². The molecule has 1 aromatic carbocycles. The predicted octanol–water partition coefficient (Wildman–Crippen LogP) is 4.35. The molecule has 31 heavy (non-hydrogen) atoms. The lowest BCUT2D eigenvalue weighted by atomic mass is 10.1. The molecule has 0 atom stereocenters. The van der Waals surface area contributed by atoms with Crippen LogP contribution >= 0.6 is 11.6 Å². The molecule has 0 saturated carbocycles. The Labute approximate surface area is 182 Å². The molecule has 0 radical (unpaired) electrons. The fraction of sp³-hybridized carbons (Fsp3) is 0.136. The van der Waals surface area contributed by atoms with Gasteiger partial charge in [-0.2, -0.15) is 4.39 Å². The van der Waals surface area contributed by atoms with Crippen LogP contribution in [-0.4, -0.2) is 27.3 Å². The lowest BCUT2D eigenvalue weighted by Crippen LogP contribution is -2.33. The van der Waals surface area contributed by atoms with Crippen molar-refractivity contribution in [3.63, 3.8) is 0 Å². The Hall–Kier alpha value is -3.65. The van der Waals surface area contributed by atoms with Gasteiger partial charge in [0.05, 0.1) is 12.7 Å². The molecular weight excluding hydrogens is 423 g/mol. The fourth-order valence-electron chi connectivity index (χ4n) is 3.00. The van der Waals surface area contributed by atoms with Crippen LogP contribution < -0.4 is 14.2 Å². The number of aromatic amines is 1. The van der Waals surface area contributed by atoms with Crippen LogP contribution in [0.1, 0.15) is 11.3 Å². The monoisotopic (exact) mass is 441 g/mol. The largest absolute Gasteiger partial charge is 0.496 e. The number of methoxy groups -OCH3 is 1. The second-order valence-electron chi connectivity index (χ2n) is 6.79. The van der Waals surface area contributed by atoms with Gasteiger partial charge in [0.25, 0.3) is 0 Å². The number of benzene rings is 1. The zero-order valence-corrected chi connectivity index (χ0v) is 17.5. The van der Waals surface area contributed by atoms with Gasteiger partial charge in [-0.25, -0.2) is 9.97 Å². The number of aromatic nitrogens is 4. The molecule has 0 aliphatic rings. The van der Waals surface area contributed by atoms with Gasteiger partial charge in [0.15, 0.2) is 0 Å². The highest BCUT2D eigenvalue weighted by Gasteiger charge is 2.17. The molecule has 0 fully saturated rings. The molecule has 0 bridgehead atoms. The zero-order valence-electron chi connectivity index (χ0n) is 16.8. The number of H-pyrrole nitrogens is 1. The Morgan fingerprint density at radius 1 is 1.19 bits per heavy atom. The summed E-state index contributed by atoms with van der Waals surface area (Å²) in [5.74, 6) is 1.00. The van der Waals surface area contributed by atoms with Crippen LogP contribution in [0.4, 0.5) is 4.39 Å². The normalized spacial score (nSPS) is 10.8. The summed E-state index contributed by atoms with van der Waals surface area (Å²) in [6.45, 7) is 2.07. The third-order valence-electron chi connectivity index (χ3n) is 4.68. The van der Waals surface area contributed by atoms with Crippen molar-refractivity contribution in [3.8, 4) is 34.1 Å². The third-order valence-corrected chi connectivity index (χ3v) is 4.96. The van der Waals surface area contributed by atoms with E-state index < -0.39 is 5.95 Å². The van der Waals surface area contributed by atoms with E-state index in [1.165, 1.54) is 12.3 Å². The summed E-state index contributed by atoms with van der Waals surface area (Å²) in [5.41, 5.74) is 3.29. The van der Waals surface area contributed by atoms with Crippen molar-refractivity contribution in [2.75, 3.05) is 7.11 Å². The molecule has 0 aliphatic carbocycles. The molecule has 0 unspecified atom stereocenters. The quantitative estimate of drug-likeness (QED) is 0.264. The van der Waals surface area contributed by atoms with Crippen LogP contribution in [0.15, 0.2) is 54.9 Å². The second-order valence-corrected chi connectivity index (χ2v) is 7.17. The Morgan fingerprint density at radius 3 is 2.74 bits per heavy atom. The first-order chi connectivity index (χ1) is 14.9. The van der Waals surface area contributed by atoms with Gasteiger partial charge in [-0.1, -0.05) is 11.6 Å². The third kappa shape index (κ3) is 4.44. The lowest BCUT2D eigenvalue weighted by Gasteiger charge is -2.11. The Morgan fingerprint density at radius 2 is 2.03 bits per heavy atom. The maximum absolute atomic E-state index is 13.1. The van der Waals surface area contributed by atoms with Crippen molar-refractivity contribution >= 4 is 11.6 Å². The van der Waals surface area contributed by atoms with Crippen molar-refractivity contribution in [1.82, 2.24) is 15.0 Å². The summed E-state index contributed by atoms with van der Waals surface area (Å²) >= 11 is 6.37. The van der Waals surface area contributed by atoms with E-state index in [0.29, 0.717) is 39.3 Å². The van der Waals surface area contributed by atoms with Crippen molar-refractivity contribution in [2.24, 2.45) is 0 Å². The van der Waals surface area contributed by atoms with Crippen LogP contribution in [0.25, 0.3) is 22.6 Å². The van der Waals surface area contributed by atoms with Gasteiger partial charge in [0.2, 0.25) is 17.8 Å².